The Labute approximate surface area is 183 Å². The van der Waals surface area contributed by atoms with Crippen molar-refractivity contribution < 1.29 is 18.8 Å². The fourth-order valence-electron chi connectivity index (χ4n) is 2.76. The minimum absolute atomic E-state index is 0.0871. The Kier molecular flexibility index (Phi) is 8.10. The van der Waals surface area contributed by atoms with Crippen LogP contribution < -0.4 is 5.32 Å². The van der Waals surface area contributed by atoms with Crippen molar-refractivity contribution >= 4 is 46.7 Å². The average Bonchev–Trinajstić information content (AvgIpc) is 3.01. The number of carbonyl (C=O) groups excluding carboxylic acids is 3. The van der Waals surface area contributed by atoms with E-state index >= 15 is 0 Å². The van der Waals surface area contributed by atoms with Gasteiger partial charge in [-0.2, -0.15) is 0 Å². The number of carbonyl (C=O) groups is 3. The van der Waals surface area contributed by atoms with Crippen LogP contribution in [0.1, 0.15) is 18.4 Å². The van der Waals surface area contributed by atoms with Gasteiger partial charge in [0.2, 0.25) is 5.91 Å². The molecule has 156 valence electrons. The molecule has 0 unspecified atom stereocenters. The van der Waals surface area contributed by atoms with E-state index in [1.807, 2.05) is 30.3 Å². The molecule has 3 rings (SSSR count). The standard InChI is InChI=1S/C22H21FN2O3S2/c23-18-10-5-4-7-16(18)15-19-21(27)25(22(28)30-19)13-12-24-20(26)11-6-14-29-17-8-2-1-3-9-17/h1-5,7-10,15H,6,11-14H2,(H,24,26)/b19-15-. The Morgan fingerprint density at radius 2 is 1.83 bits per heavy atom. The minimum Gasteiger partial charge on any atom is -0.354 e. The SMILES string of the molecule is O=C(CCCSc1ccccc1)NCCN1C(=O)S/C(=C\c2ccccc2F)C1=O. The first-order valence-electron chi connectivity index (χ1n) is 9.49. The van der Waals surface area contributed by atoms with E-state index in [0.29, 0.717) is 6.42 Å². The summed E-state index contributed by atoms with van der Waals surface area (Å²) < 4.78 is 13.8. The number of hydrogen-bond donors (Lipinski definition) is 1. The van der Waals surface area contributed by atoms with Crippen molar-refractivity contribution in [2.75, 3.05) is 18.8 Å². The smallest absolute Gasteiger partial charge is 0.293 e. The van der Waals surface area contributed by atoms with Gasteiger partial charge in [-0.25, -0.2) is 4.39 Å². The number of benzene rings is 2. The molecule has 30 heavy (non-hydrogen) atoms. The molecule has 0 saturated carbocycles. The van der Waals surface area contributed by atoms with Crippen LogP contribution in [0.15, 0.2) is 64.4 Å². The topological polar surface area (TPSA) is 66.5 Å². The average molecular weight is 445 g/mol. The van der Waals surface area contributed by atoms with Gasteiger partial charge in [-0.1, -0.05) is 36.4 Å². The Bertz CT molecular complexity index is 950. The van der Waals surface area contributed by atoms with Gasteiger partial charge in [0.15, 0.2) is 0 Å². The molecule has 0 spiro atoms. The third-order valence-electron chi connectivity index (χ3n) is 4.28. The maximum absolute atomic E-state index is 13.8. The first-order chi connectivity index (χ1) is 14.5. The van der Waals surface area contributed by atoms with Crippen molar-refractivity contribution in [3.8, 4) is 0 Å². The quantitative estimate of drug-likeness (QED) is 0.349. The number of nitrogens with zero attached hydrogens (tertiary/aromatic N) is 1. The van der Waals surface area contributed by atoms with Crippen LogP contribution in [0.4, 0.5) is 9.18 Å². The summed E-state index contributed by atoms with van der Waals surface area (Å²) in [6, 6.07) is 16.0. The van der Waals surface area contributed by atoms with E-state index in [2.05, 4.69) is 5.32 Å². The predicted octanol–water partition coefficient (Wildman–Crippen LogP) is 4.55. The summed E-state index contributed by atoms with van der Waals surface area (Å²) in [4.78, 5) is 38.9. The summed E-state index contributed by atoms with van der Waals surface area (Å²) >= 11 is 2.47. The Morgan fingerprint density at radius 3 is 2.60 bits per heavy atom. The van der Waals surface area contributed by atoms with E-state index in [0.717, 1.165) is 28.8 Å². The minimum atomic E-state index is -0.471. The molecule has 2 aromatic rings. The third-order valence-corrected chi connectivity index (χ3v) is 6.29. The van der Waals surface area contributed by atoms with Crippen molar-refractivity contribution in [1.29, 1.82) is 0 Å². The van der Waals surface area contributed by atoms with Gasteiger partial charge in [-0.15, -0.1) is 11.8 Å². The van der Waals surface area contributed by atoms with Crippen molar-refractivity contribution in [1.82, 2.24) is 10.2 Å². The van der Waals surface area contributed by atoms with Crippen molar-refractivity contribution in [3.05, 3.63) is 70.9 Å². The molecule has 0 aliphatic carbocycles. The van der Waals surface area contributed by atoms with Gasteiger partial charge in [0.25, 0.3) is 11.1 Å². The highest BCUT2D eigenvalue weighted by molar-refractivity contribution is 8.18. The largest absolute Gasteiger partial charge is 0.354 e. The predicted molar refractivity (Wildman–Crippen MR) is 118 cm³/mol. The molecule has 8 heteroatoms. The zero-order valence-corrected chi connectivity index (χ0v) is 17.8. The highest BCUT2D eigenvalue weighted by atomic mass is 32.2. The van der Waals surface area contributed by atoms with Crippen LogP contribution in [0.5, 0.6) is 0 Å². The fourth-order valence-corrected chi connectivity index (χ4v) is 4.49. The second kappa shape index (κ2) is 11.0. The van der Waals surface area contributed by atoms with Crippen LogP contribution in [-0.2, 0) is 9.59 Å². The number of nitrogens with one attached hydrogen (secondary N) is 1. The molecule has 0 radical (unpaired) electrons. The van der Waals surface area contributed by atoms with Gasteiger partial charge < -0.3 is 5.32 Å². The Morgan fingerprint density at radius 1 is 1.10 bits per heavy atom. The number of imide groups is 1. The summed E-state index contributed by atoms with van der Waals surface area (Å²) in [6.07, 6.45) is 2.50. The first kappa shape index (κ1) is 22.1. The summed E-state index contributed by atoms with van der Waals surface area (Å²) in [5.41, 5.74) is 0.254. The normalized spacial score (nSPS) is 15.1. The van der Waals surface area contributed by atoms with E-state index < -0.39 is 17.0 Å². The molecule has 3 amide bonds. The molecule has 1 aliphatic rings. The van der Waals surface area contributed by atoms with E-state index in [4.69, 9.17) is 0 Å². The molecule has 0 aromatic heterocycles. The molecule has 0 atom stereocenters. The maximum Gasteiger partial charge on any atom is 0.293 e. The summed E-state index contributed by atoms with van der Waals surface area (Å²) in [5.74, 6) is -0.206. The molecule has 0 bridgehead atoms. The first-order valence-corrected chi connectivity index (χ1v) is 11.3. The molecule has 1 aliphatic heterocycles. The van der Waals surface area contributed by atoms with Crippen LogP contribution in [-0.4, -0.2) is 40.8 Å². The molecule has 1 heterocycles. The fraction of sp³-hybridized carbons (Fsp3) is 0.227. The van der Waals surface area contributed by atoms with E-state index in [1.54, 1.807) is 30.0 Å². The van der Waals surface area contributed by atoms with Crippen LogP contribution in [0, 0.1) is 5.82 Å². The lowest BCUT2D eigenvalue weighted by atomic mass is 10.2. The Hall–Kier alpha value is -2.58. The van der Waals surface area contributed by atoms with E-state index in [-0.39, 0.29) is 29.5 Å². The van der Waals surface area contributed by atoms with Gasteiger partial charge in [-0.3, -0.25) is 19.3 Å². The summed E-state index contributed by atoms with van der Waals surface area (Å²) in [5, 5.41) is 2.32. The van der Waals surface area contributed by atoms with Gasteiger partial charge in [0, 0.05) is 30.0 Å². The van der Waals surface area contributed by atoms with Crippen molar-refractivity contribution in [2.24, 2.45) is 0 Å². The molecular formula is C22H21FN2O3S2. The Balaban J connectivity index is 1.40. The van der Waals surface area contributed by atoms with Crippen molar-refractivity contribution in [3.63, 3.8) is 0 Å². The highest BCUT2D eigenvalue weighted by Gasteiger charge is 2.34. The zero-order chi connectivity index (χ0) is 21.3. The number of rotatable bonds is 9. The van der Waals surface area contributed by atoms with Crippen LogP contribution in [0.25, 0.3) is 6.08 Å². The van der Waals surface area contributed by atoms with Gasteiger partial charge in [0.05, 0.1) is 4.91 Å². The van der Waals surface area contributed by atoms with Gasteiger partial charge in [0.1, 0.15) is 5.82 Å². The van der Waals surface area contributed by atoms with E-state index in [1.165, 1.54) is 17.0 Å². The van der Waals surface area contributed by atoms with Gasteiger partial charge in [-0.05, 0) is 48.2 Å². The molecule has 2 aromatic carbocycles. The monoisotopic (exact) mass is 444 g/mol. The lowest BCUT2D eigenvalue weighted by Crippen LogP contribution is -2.37. The maximum atomic E-state index is 13.8. The second-order valence-electron chi connectivity index (χ2n) is 6.47. The lowest BCUT2D eigenvalue weighted by molar-refractivity contribution is -0.124. The van der Waals surface area contributed by atoms with Crippen molar-refractivity contribution in [2.45, 2.75) is 17.7 Å². The number of amides is 3. The molecular weight excluding hydrogens is 423 g/mol. The molecule has 1 N–H and O–H groups in total. The zero-order valence-electron chi connectivity index (χ0n) is 16.2. The second-order valence-corrected chi connectivity index (χ2v) is 8.63. The van der Waals surface area contributed by atoms with Gasteiger partial charge >= 0.3 is 0 Å². The summed E-state index contributed by atoms with van der Waals surface area (Å²) in [6.45, 7) is 0.277. The summed E-state index contributed by atoms with van der Waals surface area (Å²) in [7, 11) is 0. The van der Waals surface area contributed by atoms with Crippen LogP contribution in [0.2, 0.25) is 0 Å². The molecule has 1 saturated heterocycles. The van der Waals surface area contributed by atoms with Crippen LogP contribution >= 0.6 is 23.5 Å². The highest BCUT2D eigenvalue weighted by Crippen LogP contribution is 2.32. The van der Waals surface area contributed by atoms with E-state index in [9.17, 15) is 18.8 Å². The number of thioether (sulfide) groups is 2. The van der Waals surface area contributed by atoms with Crippen LogP contribution in [0.3, 0.4) is 0 Å². The lowest BCUT2D eigenvalue weighted by Gasteiger charge is -2.13. The number of hydrogen-bond acceptors (Lipinski definition) is 5. The third kappa shape index (κ3) is 6.21. The number of halogens is 1. The molecule has 5 nitrogen and oxygen atoms in total. The molecule has 1 fully saturated rings.